The van der Waals surface area contributed by atoms with Gasteiger partial charge >= 0.3 is 0 Å². The number of thiophene rings is 1. The van der Waals surface area contributed by atoms with E-state index in [1.165, 1.54) is 0 Å². The molecule has 0 spiro atoms. The van der Waals surface area contributed by atoms with Crippen molar-refractivity contribution in [3.8, 4) is 22.1 Å². The highest BCUT2D eigenvalue weighted by atomic mass is 35.5. The zero-order valence-corrected chi connectivity index (χ0v) is 22.7. The lowest BCUT2D eigenvalue weighted by Gasteiger charge is -2.15. The molecule has 1 amide bonds. The van der Waals surface area contributed by atoms with Gasteiger partial charge in [0.25, 0.3) is 6.01 Å². The summed E-state index contributed by atoms with van der Waals surface area (Å²) in [5.74, 6) is 1.54. The first-order valence-electron chi connectivity index (χ1n) is 12.8. The van der Waals surface area contributed by atoms with Crippen LogP contribution in [0.3, 0.4) is 0 Å². The van der Waals surface area contributed by atoms with Crippen LogP contribution in [-0.2, 0) is 11.3 Å². The third kappa shape index (κ3) is 4.85. The van der Waals surface area contributed by atoms with Crippen LogP contribution >= 0.6 is 22.9 Å². The summed E-state index contributed by atoms with van der Waals surface area (Å²) in [4.78, 5) is 28.6. The standard InChI is InChI=1S/C30H22ClN5O3S/c31-20-4-1-2-5-21(20)34-30-35-23-14-19(8-10-25(23)39-30)38-26-11-12-32-24-15-27(40-29(24)26)22-9-7-18(16-33-22)17-36-13-3-6-28(36)37/h1-2,4-5,7-12,14-16H,3,6,13,17H2,(H,34,35). The summed E-state index contributed by atoms with van der Waals surface area (Å²) in [5, 5.41) is 3.70. The number of rotatable bonds is 7. The van der Waals surface area contributed by atoms with Gasteiger partial charge in [-0.05, 0) is 48.4 Å². The van der Waals surface area contributed by atoms with E-state index in [0.29, 0.717) is 52.3 Å². The molecule has 7 rings (SSSR count). The fourth-order valence-corrected chi connectivity index (χ4v) is 5.93. The van der Waals surface area contributed by atoms with Gasteiger partial charge in [-0.2, -0.15) is 4.98 Å². The largest absolute Gasteiger partial charge is 0.456 e. The van der Waals surface area contributed by atoms with Crippen molar-refractivity contribution in [3.63, 3.8) is 0 Å². The monoisotopic (exact) mass is 567 g/mol. The Morgan fingerprint density at radius 2 is 1.98 bits per heavy atom. The van der Waals surface area contributed by atoms with E-state index >= 15 is 0 Å². The molecule has 1 aliphatic rings. The van der Waals surface area contributed by atoms with Gasteiger partial charge in [-0.1, -0.05) is 29.8 Å². The van der Waals surface area contributed by atoms with Crippen LogP contribution < -0.4 is 10.1 Å². The van der Waals surface area contributed by atoms with Crippen molar-refractivity contribution in [1.29, 1.82) is 0 Å². The predicted octanol–water partition coefficient (Wildman–Crippen LogP) is 7.81. The SMILES string of the molecule is O=C1CCCN1Cc1ccc(-c2cc3nccc(Oc4ccc5oc(Nc6ccccc6Cl)nc5c4)c3s2)nc1. The normalized spacial score (nSPS) is 13.4. The number of hydrogen-bond donors (Lipinski definition) is 1. The average Bonchev–Trinajstić information content (AvgIpc) is 3.69. The number of pyridine rings is 2. The number of nitrogens with zero attached hydrogens (tertiary/aromatic N) is 4. The Morgan fingerprint density at radius 1 is 1.05 bits per heavy atom. The lowest BCUT2D eigenvalue weighted by molar-refractivity contribution is -0.128. The molecule has 5 heterocycles. The Balaban J connectivity index is 1.11. The highest BCUT2D eigenvalue weighted by Crippen LogP contribution is 2.39. The Hall–Kier alpha value is -4.47. The van der Waals surface area contributed by atoms with Crippen LogP contribution in [0.4, 0.5) is 11.7 Å². The molecule has 0 saturated carbocycles. The van der Waals surface area contributed by atoms with Crippen LogP contribution in [0.15, 0.2) is 83.5 Å². The fourth-order valence-electron chi connectivity index (χ4n) is 4.71. The Morgan fingerprint density at radius 3 is 2.80 bits per heavy atom. The molecule has 0 unspecified atom stereocenters. The number of amides is 1. The topological polar surface area (TPSA) is 93.4 Å². The number of nitrogens with one attached hydrogen (secondary N) is 1. The molecule has 2 aromatic carbocycles. The molecule has 1 aliphatic heterocycles. The number of halogens is 1. The summed E-state index contributed by atoms with van der Waals surface area (Å²) in [6.45, 7) is 1.42. The highest BCUT2D eigenvalue weighted by Gasteiger charge is 2.20. The number of oxazole rings is 1. The van der Waals surface area contributed by atoms with Crippen molar-refractivity contribution < 1.29 is 13.9 Å². The van der Waals surface area contributed by atoms with Gasteiger partial charge in [0, 0.05) is 44.0 Å². The van der Waals surface area contributed by atoms with Crippen molar-refractivity contribution in [1.82, 2.24) is 19.9 Å². The van der Waals surface area contributed by atoms with E-state index in [2.05, 4.69) is 20.3 Å². The minimum Gasteiger partial charge on any atom is -0.456 e. The second kappa shape index (κ2) is 10.3. The maximum atomic E-state index is 11.9. The molecule has 6 aromatic rings. The number of fused-ring (bicyclic) bond motifs is 2. The van der Waals surface area contributed by atoms with E-state index < -0.39 is 0 Å². The molecule has 4 aromatic heterocycles. The first-order chi connectivity index (χ1) is 19.6. The van der Waals surface area contributed by atoms with Crippen LogP contribution in [0.1, 0.15) is 18.4 Å². The van der Waals surface area contributed by atoms with E-state index in [9.17, 15) is 4.79 Å². The maximum absolute atomic E-state index is 11.9. The first kappa shape index (κ1) is 24.6. The van der Waals surface area contributed by atoms with Crippen molar-refractivity contribution in [3.05, 3.63) is 89.7 Å². The molecule has 0 aliphatic carbocycles. The number of anilines is 2. The van der Waals surface area contributed by atoms with Gasteiger partial charge in [0.2, 0.25) is 5.91 Å². The Kier molecular flexibility index (Phi) is 6.30. The molecular formula is C30H22ClN5O3S. The number of carbonyl (C=O) groups is 1. The molecule has 1 N–H and O–H groups in total. The van der Waals surface area contributed by atoms with Gasteiger partial charge < -0.3 is 19.4 Å². The van der Waals surface area contributed by atoms with Gasteiger partial charge in [0.15, 0.2) is 5.58 Å². The zero-order valence-electron chi connectivity index (χ0n) is 21.1. The van der Waals surface area contributed by atoms with Gasteiger partial charge in [-0.3, -0.25) is 14.8 Å². The molecule has 1 saturated heterocycles. The molecule has 198 valence electrons. The van der Waals surface area contributed by atoms with E-state index in [-0.39, 0.29) is 5.91 Å². The molecule has 1 fully saturated rings. The van der Waals surface area contributed by atoms with Gasteiger partial charge in [0.05, 0.1) is 31.5 Å². The summed E-state index contributed by atoms with van der Waals surface area (Å²) in [7, 11) is 0. The first-order valence-corrected chi connectivity index (χ1v) is 14.0. The molecular weight excluding hydrogens is 546 g/mol. The van der Waals surface area contributed by atoms with E-state index in [1.807, 2.05) is 71.8 Å². The van der Waals surface area contributed by atoms with Crippen molar-refractivity contribution in [2.45, 2.75) is 19.4 Å². The summed E-state index contributed by atoms with van der Waals surface area (Å²) < 4.78 is 13.0. The molecule has 0 radical (unpaired) electrons. The minimum absolute atomic E-state index is 0.212. The summed E-state index contributed by atoms with van der Waals surface area (Å²) >= 11 is 7.82. The summed E-state index contributed by atoms with van der Waals surface area (Å²) in [6, 6.07) is 21.2. The number of aromatic nitrogens is 3. The quantitative estimate of drug-likeness (QED) is 0.210. The van der Waals surface area contributed by atoms with Gasteiger partial charge in [0.1, 0.15) is 17.0 Å². The third-order valence-corrected chi connectivity index (χ3v) is 8.19. The number of ether oxygens (including phenoxy) is 1. The maximum Gasteiger partial charge on any atom is 0.300 e. The lowest BCUT2D eigenvalue weighted by atomic mass is 10.2. The van der Waals surface area contributed by atoms with Crippen molar-refractivity contribution >= 4 is 61.9 Å². The summed E-state index contributed by atoms with van der Waals surface area (Å²) in [5.41, 5.74) is 4.71. The summed E-state index contributed by atoms with van der Waals surface area (Å²) in [6.07, 6.45) is 5.15. The number of para-hydroxylation sites is 1. The Labute approximate surface area is 238 Å². The predicted molar refractivity (Wildman–Crippen MR) is 156 cm³/mol. The highest BCUT2D eigenvalue weighted by molar-refractivity contribution is 7.22. The van der Waals surface area contributed by atoms with Crippen LogP contribution in [0.25, 0.3) is 31.9 Å². The van der Waals surface area contributed by atoms with Crippen LogP contribution in [0, 0.1) is 0 Å². The number of hydrogen-bond acceptors (Lipinski definition) is 8. The molecule has 8 nitrogen and oxygen atoms in total. The van der Waals surface area contributed by atoms with Crippen LogP contribution in [0.2, 0.25) is 5.02 Å². The molecule has 0 bridgehead atoms. The van der Waals surface area contributed by atoms with E-state index in [1.54, 1.807) is 23.6 Å². The second-order valence-corrected chi connectivity index (χ2v) is 10.9. The third-order valence-electron chi connectivity index (χ3n) is 6.70. The second-order valence-electron chi connectivity index (χ2n) is 9.46. The number of likely N-dealkylation sites (tertiary alicyclic amines) is 1. The average molecular weight is 568 g/mol. The molecule has 40 heavy (non-hydrogen) atoms. The number of benzene rings is 2. The van der Waals surface area contributed by atoms with Crippen LogP contribution in [-0.4, -0.2) is 32.3 Å². The zero-order chi connectivity index (χ0) is 27.1. The van der Waals surface area contributed by atoms with E-state index in [4.69, 9.17) is 20.8 Å². The van der Waals surface area contributed by atoms with Crippen molar-refractivity contribution in [2.24, 2.45) is 0 Å². The van der Waals surface area contributed by atoms with E-state index in [0.717, 1.165) is 39.3 Å². The van der Waals surface area contributed by atoms with Crippen molar-refractivity contribution in [2.75, 3.05) is 11.9 Å². The number of carbonyl (C=O) groups excluding carboxylic acids is 1. The smallest absolute Gasteiger partial charge is 0.300 e. The molecule has 0 atom stereocenters. The molecule has 10 heteroatoms. The minimum atomic E-state index is 0.212. The Bertz CT molecular complexity index is 1870. The van der Waals surface area contributed by atoms with Gasteiger partial charge in [-0.15, -0.1) is 11.3 Å². The lowest BCUT2D eigenvalue weighted by Crippen LogP contribution is -2.23. The fraction of sp³-hybridized carbons (Fsp3) is 0.133. The van der Waals surface area contributed by atoms with Crippen LogP contribution in [0.5, 0.6) is 11.5 Å². The van der Waals surface area contributed by atoms with Gasteiger partial charge in [-0.25, -0.2) is 0 Å².